The first-order valence-corrected chi connectivity index (χ1v) is 5.89. The summed E-state index contributed by atoms with van der Waals surface area (Å²) in [6.45, 7) is 1.96. The second-order valence-corrected chi connectivity index (χ2v) is 4.20. The van der Waals surface area contributed by atoms with Gasteiger partial charge in [-0.05, 0) is 25.0 Å². The molecule has 0 bridgehead atoms. The predicted octanol–water partition coefficient (Wildman–Crippen LogP) is 2.56. The fourth-order valence-corrected chi connectivity index (χ4v) is 1.85. The number of hydrogen-bond donors (Lipinski definition) is 0. The van der Waals surface area contributed by atoms with Crippen LogP contribution in [-0.2, 0) is 4.74 Å². The summed E-state index contributed by atoms with van der Waals surface area (Å²) in [5.74, 6) is 2.03. The van der Waals surface area contributed by atoms with E-state index < -0.39 is 0 Å². The van der Waals surface area contributed by atoms with Crippen LogP contribution < -0.4 is 0 Å². The Morgan fingerprint density at radius 1 is 1.36 bits per heavy atom. The zero-order valence-corrected chi connectivity index (χ0v) is 8.16. The van der Waals surface area contributed by atoms with Gasteiger partial charge in [-0.1, -0.05) is 12.8 Å². The summed E-state index contributed by atoms with van der Waals surface area (Å²) in [5.41, 5.74) is 0. The molecule has 0 atom stereocenters. The molecule has 1 aliphatic carbocycles. The first-order valence-electron chi connectivity index (χ1n) is 4.50. The molecule has 0 spiro atoms. The van der Waals surface area contributed by atoms with E-state index in [1.807, 2.05) is 11.8 Å². The molecule has 11 heavy (non-hydrogen) atoms. The monoisotopic (exact) mass is 174 g/mol. The Morgan fingerprint density at radius 2 is 2.09 bits per heavy atom. The Hall–Kier alpha value is 0.310. The van der Waals surface area contributed by atoms with Crippen molar-refractivity contribution in [1.29, 1.82) is 0 Å². The van der Waals surface area contributed by atoms with E-state index >= 15 is 0 Å². The molecule has 0 amide bonds. The molecular weight excluding hydrogens is 156 g/mol. The Labute approximate surface area is 73.9 Å². The zero-order chi connectivity index (χ0) is 7.94. The zero-order valence-electron chi connectivity index (χ0n) is 7.34. The first kappa shape index (κ1) is 9.40. The van der Waals surface area contributed by atoms with Crippen molar-refractivity contribution in [3.63, 3.8) is 0 Å². The highest BCUT2D eigenvalue weighted by molar-refractivity contribution is 7.98. The minimum atomic E-state index is 0.886. The highest BCUT2D eigenvalue weighted by Gasteiger charge is 2.14. The second-order valence-electron chi connectivity index (χ2n) is 3.22. The molecule has 1 fully saturated rings. The lowest BCUT2D eigenvalue weighted by atomic mass is 10.1. The van der Waals surface area contributed by atoms with E-state index in [0.717, 1.165) is 24.9 Å². The van der Waals surface area contributed by atoms with Crippen LogP contribution in [0.4, 0.5) is 0 Å². The molecule has 0 radical (unpaired) electrons. The van der Waals surface area contributed by atoms with Crippen LogP contribution in [0.1, 0.15) is 25.7 Å². The van der Waals surface area contributed by atoms with Crippen LogP contribution in [0.5, 0.6) is 0 Å². The van der Waals surface area contributed by atoms with Gasteiger partial charge in [0.25, 0.3) is 0 Å². The molecule has 2 heteroatoms. The Balaban J connectivity index is 1.86. The highest BCUT2D eigenvalue weighted by Crippen LogP contribution is 2.24. The van der Waals surface area contributed by atoms with Gasteiger partial charge in [-0.25, -0.2) is 0 Å². The van der Waals surface area contributed by atoms with Crippen molar-refractivity contribution < 1.29 is 4.74 Å². The molecule has 0 aromatic heterocycles. The Bertz CT molecular complexity index is 89.6. The molecule has 0 N–H and O–H groups in total. The quantitative estimate of drug-likeness (QED) is 0.592. The topological polar surface area (TPSA) is 9.23 Å². The van der Waals surface area contributed by atoms with E-state index in [9.17, 15) is 0 Å². The Morgan fingerprint density at radius 3 is 2.73 bits per heavy atom. The summed E-state index contributed by atoms with van der Waals surface area (Å²) in [6, 6.07) is 0. The second kappa shape index (κ2) is 5.90. The van der Waals surface area contributed by atoms with E-state index in [0.29, 0.717) is 0 Å². The molecule has 0 aromatic rings. The van der Waals surface area contributed by atoms with Gasteiger partial charge in [0.1, 0.15) is 0 Å². The normalized spacial score (nSPS) is 19.4. The summed E-state index contributed by atoms with van der Waals surface area (Å²) in [5, 5.41) is 0. The van der Waals surface area contributed by atoms with Crippen LogP contribution in [-0.4, -0.2) is 25.2 Å². The molecular formula is C9H18OS. The molecule has 1 rings (SSSR count). The average Bonchev–Trinajstić information content (AvgIpc) is 2.50. The maximum Gasteiger partial charge on any atom is 0.0556 e. The first-order chi connectivity index (χ1) is 5.43. The van der Waals surface area contributed by atoms with Gasteiger partial charge in [0.2, 0.25) is 0 Å². The van der Waals surface area contributed by atoms with Gasteiger partial charge < -0.3 is 4.74 Å². The van der Waals surface area contributed by atoms with Crippen molar-refractivity contribution in [2.24, 2.45) is 5.92 Å². The van der Waals surface area contributed by atoms with Crippen molar-refractivity contribution in [3.05, 3.63) is 0 Å². The van der Waals surface area contributed by atoms with Gasteiger partial charge in [-0.15, -0.1) is 0 Å². The fourth-order valence-electron chi connectivity index (χ4n) is 1.57. The molecule has 0 saturated heterocycles. The van der Waals surface area contributed by atoms with Crippen LogP contribution in [0.2, 0.25) is 0 Å². The molecule has 1 saturated carbocycles. The third-order valence-corrected chi connectivity index (χ3v) is 2.84. The van der Waals surface area contributed by atoms with E-state index in [-0.39, 0.29) is 0 Å². The van der Waals surface area contributed by atoms with Gasteiger partial charge in [-0.3, -0.25) is 0 Å². The maximum atomic E-state index is 5.54. The SMILES string of the molecule is CSCCOCC1CCCC1. The third kappa shape index (κ3) is 4.02. The van der Waals surface area contributed by atoms with Crippen molar-refractivity contribution >= 4 is 11.8 Å². The van der Waals surface area contributed by atoms with Gasteiger partial charge in [0, 0.05) is 12.4 Å². The lowest BCUT2D eigenvalue weighted by Gasteiger charge is -2.08. The van der Waals surface area contributed by atoms with Crippen LogP contribution in [0.15, 0.2) is 0 Å². The highest BCUT2D eigenvalue weighted by atomic mass is 32.2. The van der Waals surface area contributed by atoms with E-state index in [1.165, 1.54) is 25.7 Å². The van der Waals surface area contributed by atoms with Gasteiger partial charge in [-0.2, -0.15) is 11.8 Å². The summed E-state index contributed by atoms with van der Waals surface area (Å²) >= 11 is 1.86. The summed E-state index contributed by atoms with van der Waals surface area (Å²) in [6.07, 6.45) is 7.78. The minimum Gasteiger partial charge on any atom is -0.380 e. The van der Waals surface area contributed by atoms with Gasteiger partial charge >= 0.3 is 0 Å². The minimum absolute atomic E-state index is 0.886. The standard InChI is InChI=1S/C9H18OS/c1-11-7-6-10-8-9-4-2-3-5-9/h9H,2-8H2,1H3. The number of ether oxygens (including phenoxy) is 1. The maximum absolute atomic E-state index is 5.54. The predicted molar refractivity (Wildman–Crippen MR) is 51.2 cm³/mol. The summed E-state index contributed by atoms with van der Waals surface area (Å²) < 4.78 is 5.54. The molecule has 66 valence electrons. The molecule has 0 aromatic carbocycles. The lowest BCUT2D eigenvalue weighted by Crippen LogP contribution is -2.07. The van der Waals surface area contributed by atoms with E-state index in [4.69, 9.17) is 4.74 Å². The number of rotatable bonds is 5. The molecule has 1 nitrogen and oxygen atoms in total. The van der Waals surface area contributed by atoms with Crippen molar-refractivity contribution in [3.8, 4) is 0 Å². The number of hydrogen-bond acceptors (Lipinski definition) is 2. The molecule has 1 aliphatic rings. The van der Waals surface area contributed by atoms with Crippen LogP contribution in [0.3, 0.4) is 0 Å². The van der Waals surface area contributed by atoms with Crippen molar-refractivity contribution in [1.82, 2.24) is 0 Å². The number of thioether (sulfide) groups is 1. The van der Waals surface area contributed by atoms with Crippen LogP contribution in [0.25, 0.3) is 0 Å². The average molecular weight is 174 g/mol. The lowest BCUT2D eigenvalue weighted by molar-refractivity contribution is 0.114. The summed E-state index contributed by atoms with van der Waals surface area (Å²) in [7, 11) is 0. The molecule has 0 aliphatic heterocycles. The van der Waals surface area contributed by atoms with Crippen LogP contribution in [0, 0.1) is 5.92 Å². The fraction of sp³-hybridized carbons (Fsp3) is 1.00. The summed E-state index contributed by atoms with van der Waals surface area (Å²) in [4.78, 5) is 0. The third-order valence-electron chi connectivity index (χ3n) is 2.26. The molecule has 0 heterocycles. The van der Waals surface area contributed by atoms with Crippen molar-refractivity contribution in [2.75, 3.05) is 25.2 Å². The van der Waals surface area contributed by atoms with E-state index in [1.54, 1.807) is 0 Å². The van der Waals surface area contributed by atoms with Gasteiger partial charge in [0.15, 0.2) is 0 Å². The van der Waals surface area contributed by atoms with E-state index in [2.05, 4.69) is 6.26 Å². The largest absolute Gasteiger partial charge is 0.380 e. The smallest absolute Gasteiger partial charge is 0.0556 e. The van der Waals surface area contributed by atoms with Crippen molar-refractivity contribution in [2.45, 2.75) is 25.7 Å². The molecule has 0 unspecified atom stereocenters. The van der Waals surface area contributed by atoms with Gasteiger partial charge in [0.05, 0.1) is 6.61 Å². The van der Waals surface area contributed by atoms with Crippen LogP contribution >= 0.6 is 11.8 Å². The Kier molecular flexibility index (Phi) is 5.04.